The number of rotatable bonds is 7. The van der Waals surface area contributed by atoms with Gasteiger partial charge < -0.3 is 9.80 Å². The van der Waals surface area contributed by atoms with Gasteiger partial charge in [0.2, 0.25) is 5.91 Å². The molecule has 0 aliphatic carbocycles. The zero-order valence-corrected chi connectivity index (χ0v) is 22.4. The molecule has 0 saturated carbocycles. The number of fused-ring (bicyclic) bond motifs is 1. The lowest BCUT2D eigenvalue weighted by atomic mass is 10.1. The van der Waals surface area contributed by atoms with Crippen molar-refractivity contribution in [1.82, 2.24) is 24.6 Å². The van der Waals surface area contributed by atoms with Gasteiger partial charge in [-0.3, -0.25) is 4.79 Å². The van der Waals surface area contributed by atoms with E-state index in [0.29, 0.717) is 19.5 Å². The Bertz CT molecular complexity index is 1400. The smallest absolute Gasteiger partial charge is 0.227 e. The van der Waals surface area contributed by atoms with Crippen LogP contribution in [0.3, 0.4) is 0 Å². The maximum Gasteiger partial charge on any atom is 0.227 e. The maximum atomic E-state index is 13.6. The molecule has 0 unspecified atom stereocenters. The van der Waals surface area contributed by atoms with E-state index in [9.17, 15) is 9.18 Å². The van der Waals surface area contributed by atoms with Crippen LogP contribution in [0.5, 0.6) is 0 Å². The quantitative estimate of drug-likeness (QED) is 0.328. The summed E-state index contributed by atoms with van der Waals surface area (Å²) in [6, 6.07) is 16.2. The Kier molecular flexibility index (Phi) is 7.67. The third-order valence-corrected chi connectivity index (χ3v) is 7.28. The zero-order chi connectivity index (χ0) is 26.6. The fourth-order valence-electron chi connectivity index (χ4n) is 5.21. The predicted molar refractivity (Wildman–Crippen MR) is 148 cm³/mol. The Morgan fingerprint density at radius 3 is 2.50 bits per heavy atom. The summed E-state index contributed by atoms with van der Waals surface area (Å²) >= 11 is 0. The van der Waals surface area contributed by atoms with Crippen molar-refractivity contribution < 1.29 is 9.18 Å². The number of aryl methyl sites for hydroxylation is 1. The molecule has 1 aliphatic rings. The van der Waals surface area contributed by atoms with Crippen molar-refractivity contribution in [3.05, 3.63) is 77.5 Å². The molecule has 0 bridgehead atoms. The topological polar surface area (TPSA) is 67.2 Å². The number of benzene rings is 2. The second kappa shape index (κ2) is 11.3. The van der Waals surface area contributed by atoms with Crippen LogP contribution in [0.4, 0.5) is 10.2 Å². The van der Waals surface area contributed by atoms with Crippen molar-refractivity contribution in [2.75, 3.05) is 31.1 Å². The largest absolute Gasteiger partial charge is 0.354 e. The van der Waals surface area contributed by atoms with Crippen molar-refractivity contribution in [2.45, 2.75) is 52.4 Å². The Morgan fingerprint density at radius 1 is 1.00 bits per heavy atom. The van der Waals surface area contributed by atoms with Gasteiger partial charge in [0.25, 0.3) is 0 Å². The molecule has 7 nitrogen and oxygen atoms in total. The number of hydrogen-bond donors (Lipinski definition) is 0. The maximum absolute atomic E-state index is 13.6. The van der Waals surface area contributed by atoms with E-state index in [2.05, 4.69) is 18.7 Å². The van der Waals surface area contributed by atoms with Crippen LogP contribution in [0.1, 0.15) is 56.1 Å². The molecule has 38 heavy (non-hydrogen) atoms. The molecule has 0 spiro atoms. The second-order valence-corrected chi connectivity index (χ2v) is 10.2. The van der Waals surface area contributed by atoms with E-state index in [1.165, 1.54) is 12.1 Å². The summed E-state index contributed by atoms with van der Waals surface area (Å²) in [5.41, 5.74) is 3.36. The molecule has 2 aromatic heterocycles. The van der Waals surface area contributed by atoms with Gasteiger partial charge in [-0.05, 0) is 49.6 Å². The summed E-state index contributed by atoms with van der Waals surface area (Å²) in [6.07, 6.45) is 3.30. The van der Waals surface area contributed by atoms with Gasteiger partial charge in [0.05, 0.1) is 23.2 Å². The number of carbonyl (C=O) groups excluding carboxylic acids is 1. The standard InChI is InChI=1S/C30H35FN6O/c1-4-9-21(2)28-32-29(27-22(3)34-37(30(27)33-28)25-14-12-24(31)13-15-25)36-17-8-16-35(18-19-36)26(38)20-23-10-6-5-7-11-23/h5-7,10-15,21H,4,8-9,16-20H2,1-3H3/t21-/m1/s1. The molecule has 5 rings (SSSR count). The first-order valence-electron chi connectivity index (χ1n) is 13.5. The van der Waals surface area contributed by atoms with Gasteiger partial charge in [0, 0.05) is 32.1 Å². The van der Waals surface area contributed by atoms with Crippen LogP contribution in [-0.2, 0) is 11.2 Å². The predicted octanol–water partition coefficient (Wildman–Crippen LogP) is 5.45. The third kappa shape index (κ3) is 5.39. The van der Waals surface area contributed by atoms with Crippen molar-refractivity contribution >= 4 is 22.8 Å². The van der Waals surface area contributed by atoms with Crippen molar-refractivity contribution in [3.8, 4) is 5.69 Å². The number of aromatic nitrogens is 4. The van der Waals surface area contributed by atoms with Gasteiger partial charge >= 0.3 is 0 Å². The van der Waals surface area contributed by atoms with E-state index in [1.54, 1.807) is 16.8 Å². The minimum atomic E-state index is -0.287. The fourth-order valence-corrected chi connectivity index (χ4v) is 5.21. The van der Waals surface area contributed by atoms with E-state index in [0.717, 1.165) is 72.0 Å². The Balaban J connectivity index is 1.48. The lowest BCUT2D eigenvalue weighted by Crippen LogP contribution is -2.36. The Morgan fingerprint density at radius 2 is 1.76 bits per heavy atom. The summed E-state index contributed by atoms with van der Waals surface area (Å²) in [5.74, 6) is 1.72. The molecule has 4 aromatic rings. The van der Waals surface area contributed by atoms with E-state index < -0.39 is 0 Å². The number of hydrogen-bond acceptors (Lipinski definition) is 5. The lowest BCUT2D eigenvalue weighted by Gasteiger charge is -2.24. The van der Waals surface area contributed by atoms with Gasteiger partial charge in [0.1, 0.15) is 17.5 Å². The average Bonchev–Trinajstić information content (AvgIpc) is 3.09. The highest BCUT2D eigenvalue weighted by Gasteiger charge is 2.26. The van der Waals surface area contributed by atoms with Crippen LogP contribution in [0.25, 0.3) is 16.7 Å². The van der Waals surface area contributed by atoms with Gasteiger partial charge in [-0.25, -0.2) is 19.0 Å². The van der Waals surface area contributed by atoms with Gasteiger partial charge in [0.15, 0.2) is 5.65 Å². The fraction of sp³-hybridized carbons (Fsp3) is 0.400. The SMILES string of the molecule is CCC[C@@H](C)c1nc(N2CCCN(C(=O)Cc3ccccc3)CC2)c2c(C)nn(-c3ccc(F)cc3)c2n1. The number of anilines is 1. The molecule has 1 amide bonds. The molecule has 1 aliphatic heterocycles. The summed E-state index contributed by atoms with van der Waals surface area (Å²) in [4.78, 5) is 27.4. The van der Waals surface area contributed by atoms with Gasteiger partial charge in [-0.15, -0.1) is 0 Å². The van der Waals surface area contributed by atoms with E-state index >= 15 is 0 Å². The van der Waals surface area contributed by atoms with Crippen LogP contribution in [0, 0.1) is 12.7 Å². The molecule has 0 radical (unpaired) electrons. The summed E-state index contributed by atoms with van der Waals surface area (Å²) in [5, 5.41) is 5.71. The van der Waals surface area contributed by atoms with E-state index in [1.807, 2.05) is 42.2 Å². The minimum absolute atomic E-state index is 0.156. The number of carbonyl (C=O) groups is 1. The first-order chi connectivity index (χ1) is 18.4. The van der Waals surface area contributed by atoms with E-state index in [-0.39, 0.29) is 17.6 Å². The van der Waals surface area contributed by atoms with Crippen molar-refractivity contribution in [1.29, 1.82) is 0 Å². The Labute approximate surface area is 223 Å². The van der Waals surface area contributed by atoms with Crippen LogP contribution >= 0.6 is 0 Å². The number of nitrogens with zero attached hydrogens (tertiary/aromatic N) is 6. The highest BCUT2D eigenvalue weighted by molar-refractivity contribution is 5.91. The minimum Gasteiger partial charge on any atom is -0.354 e. The summed E-state index contributed by atoms with van der Waals surface area (Å²) in [7, 11) is 0. The van der Waals surface area contributed by atoms with Crippen molar-refractivity contribution in [3.63, 3.8) is 0 Å². The molecule has 0 N–H and O–H groups in total. The second-order valence-electron chi connectivity index (χ2n) is 10.2. The first-order valence-corrected chi connectivity index (χ1v) is 13.5. The summed E-state index contributed by atoms with van der Waals surface area (Å²) in [6.45, 7) is 9.15. The van der Waals surface area contributed by atoms with Crippen molar-refractivity contribution in [2.24, 2.45) is 0 Å². The molecule has 3 heterocycles. The lowest BCUT2D eigenvalue weighted by molar-refractivity contribution is -0.130. The Hall–Kier alpha value is -3.81. The molecule has 8 heteroatoms. The van der Waals surface area contributed by atoms with Gasteiger partial charge in [-0.2, -0.15) is 5.10 Å². The third-order valence-electron chi connectivity index (χ3n) is 7.28. The van der Waals surface area contributed by atoms with Crippen LogP contribution < -0.4 is 4.90 Å². The summed E-state index contributed by atoms with van der Waals surface area (Å²) < 4.78 is 15.4. The first kappa shape index (κ1) is 25.8. The monoisotopic (exact) mass is 514 g/mol. The molecular formula is C30H35FN6O. The molecule has 198 valence electrons. The van der Waals surface area contributed by atoms with Crippen LogP contribution in [0.15, 0.2) is 54.6 Å². The molecule has 1 saturated heterocycles. The highest BCUT2D eigenvalue weighted by Crippen LogP contribution is 2.32. The molecular weight excluding hydrogens is 479 g/mol. The van der Waals surface area contributed by atoms with Gasteiger partial charge in [-0.1, -0.05) is 50.6 Å². The highest BCUT2D eigenvalue weighted by atomic mass is 19.1. The zero-order valence-electron chi connectivity index (χ0n) is 22.4. The number of halogens is 1. The van der Waals surface area contributed by atoms with E-state index in [4.69, 9.17) is 15.1 Å². The normalized spacial score (nSPS) is 15.1. The number of amides is 1. The molecule has 1 fully saturated rings. The molecule has 1 atom stereocenters. The van der Waals surface area contributed by atoms with Crippen LogP contribution in [0.2, 0.25) is 0 Å². The molecule has 2 aromatic carbocycles. The average molecular weight is 515 g/mol. The van der Waals surface area contributed by atoms with Crippen LogP contribution in [-0.4, -0.2) is 56.7 Å².